The number of nitrogens with zero attached hydrogens (tertiary/aromatic N) is 2. The lowest BCUT2D eigenvalue weighted by Gasteiger charge is -2.29. The molecule has 37 heavy (non-hydrogen) atoms. The van der Waals surface area contributed by atoms with Crippen molar-refractivity contribution in [1.29, 1.82) is 0 Å². The van der Waals surface area contributed by atoms with Gasteiger partial charge in [-0.2, -0.15) is 0 Å². The maximum Gasteiger partial charge on any atom is 0.335 e. The molecule has 0 spiro atoms. The lowest BCUT2D eigenvalue weighted by atomic mass is 10.0. The zero-order chi connectivity index (χ0) is 26.7. The summed E-state index contributed by atoms with van der Waals surface area (Å²) in [6.07, 6.45) is 0.582. The molecular formula is C26H26ClFN4O4S. The van der Waals surface area contributed by atoms with Crippen molar-refractivity contribution in [2.45, 2.75) is 45.7 Å². The summed E-state index contributed by atoms with van der Waals surface area (Å²) >= 11 is 7.13. The summed E-state index contributed by atoms with van der Waals surface area (Å²) in [5.41, 5.74) is 1.13. The molecule has 0 bridgehead atoms. The van der Waals surface area contributed by atoms with Crippen LogP contribution >= 0.6 is 22.9 Å². The monoisotopic (exact) mass is 544 g/mol. The van der Waals surface area contributed by atoms with Crippen LogP contribution in [0.1, 0.15) is 56.6 Å². The van der Waals surface area contributed by atoms with Gasteiger partial charge >= 0.3 is 5.97 Å². The van der Waals surface area contributed by atoms with E-state index in [1.54, 1.807) is 24.3 Å². The van der Waals surface area contributed by atoms with Gasteiger partial charge in [0.05, 0.1) is 11.3 Å². The highest BCUT2D eigenvalue weighted by Gasteiger charge is 2.25. The minimum atomic E-state index is -1.33. The number of amides is 2. The van der Waals surface area contributed by atoms with Gasteiger partial charge in [0.1, 0.15) is 5.82 Å². The number of nitrogens with one attached hydrogen (secondary N) is 2. The third-order valence-corrected chi connectivity index (χ3v) is 7.44. The van der Waals surface area contributed by atoms with Gasteiger partial charge in [-0.15, -0.1) is 11.3 Å². The van der Waals surface area contributed by atoms with E-state index in [-0.39, 0.29) is 40.6 Å². The normalized spacial score (nSPS) is 13.3. The lowest BCUT2D eigenvalue weighted by Crippen LogP contribution is -2.35. The molecule has 0 fully saturated rings. The smallest absolute Gasteiger partial charge is 0.335 e. The van der Waals surface area contributed by atoms with Crippen LogP contribution in [0.15, 0.2) is 36.4 Å². The highest BCUT2D eigenvalue weighted by atomic mass is 35.5. The fourth-order valence-corrected chi connectivity index (χ4v) is 5.20. The number of hydrogen-bond acceptors (Lipinski definition) is 6. The fraction of sp³-hybridized carbons (Fsp3) is 0.308. The van der Waals surface area contributed by atoms with E-state index < -0.39 is 17.7 Å². The Labute approximate surface area is 222 Å². The first-order valence-electron chi connectivity index (χ1n) is 11.8. The number of carbonyl (C=O) groups excluding carboxylic acids is 2. The summed E-state index contributed by atoms with van der Waals surface area (Å²) in [4.78, 5) is 44.8. The summed E-state index contributed by atoms with van der Waals surface area (Å²) in [6.45, 7) is 5.78. The number of anilines is 2. The van der Waals surface area contributed by atoms with Crippen LogP contribution in [-0.2, 0) is 24.2 Å². The first kappa shape index (κ1) is 26.7. The van der Waals surface area contributed by atoms with Crippen molar-refractivity contribution in [3.8, 4) is 0 Å². The molecule has 11 heteroatoms. The molecule has 0 saturated carbocycles. The molecule has 194 valence electrons. The van der Waals surface area contributed by atoms with Crippen LogP contribution in [0.5, 0.6) is 0 Å². The average Bonchev–Trinajstić information content (AvgIpc) is 3.28. The predicted molar refractivity (Wildman–Crippen MR) is 141 cm³/mol. The molecule has 2 amide bonds. The SMILES string of the molecule is CC(C)N1CCc2nc(C(=O)Nc3cc(C(=O)O)cc(F)c3CCC(=O)Nc3ccc(Cl)cc3)sc2C1. The van der Waals surface area contributed by atoms with E-state index >= 15 is 0 Å². The number of carboxylic acid groups (broad SMARTS) is 1. The van der Waals surface area contributed by atoms with Gasteiger partial charge in [-0.05, 0) is 56.7 Å². The van der Waals surface area contributed by atoms with E-state index in [1.807, 2.05) is 0 Å². The highest BCUT2D eigenvalue weighted by Crippen LogP contribution is 2.29. The Bertz CT molecular complexity index is 1340. The van der Waals surface area contributed by atoms with Gasteiger partial charge in [-0.1, -0.05) is 11.6 Å². The fourth-order valence-electron chi connectivity index (χ4n) is 4.05. The Balaban J connectivity index is 1.52. The third-order valence-electron chi connectivity index (χ3n) is 6.11. The molecule has 3 aromatic rings. The molecular weight excluding hydrogens is 519 g/mol. The zero-order valence-electron chi connectivity index (χ0n) is 20.3. The Morgan fingerprint density at radius 1 is 1.19 bits per heavy atom. The quantitative estimate of drug-likeness (QED) is 0.358. The third kappa shape index (κ3) is 6.51. The van der Waals surface area contributed by atoms with E-state index in [0.29, 0.717) is 23.3 Å². The first-order valence-corrected chi connectivity index (χ1v) is 12.9. The summed E-state index contributed by atoms with van der Waals surface area (Å²) in [6, 6.07) is 8.99. The van der Waals surface area contributed by atoms with Gasteiger partial charge in [0.15, 0.2) is 5.01 Å². The van der Waals surface area contributed by atoms with E-state index in [4.69, 9.17) is 11.6 Å². The van der Waals surface area contributed by atoms with Crippen LogP contribution in [0.2, 0.25) is 5.02 Å². The second-order valence-electron chi connectivity index (χ2n) is 9.00. The van der Waals surface area contributed by atoms with E-state index in [1.165, 1.54) is 17.4 Å². The van der Waals surface area contributed by atoms with Crippen molar-refractivity contribution in [3.63, 3.8) is 0 Å². The van der Waals surface area contributed by atoms with Crippen molar-refractivity contribution in [3.05, 3.63) is 73.9 Å². The van der Waals surface area contributed by atoms with Crippen LogP contribution in [0.25, 0.3) is 0 Å². The van der Waals surface area contributed by atoms with E-state index in [0.717, 1.165) is 29.6 Å². The summed E-state index contributed by atoms with van der Waals surface area (Å²) in [7, 11) is 0. The number of aromatic nitrogens is 1. The van der Waals surface area contributed by atoms with Crippen LogP contribution in [-0.4, -0.2) is 45.4 Å². The Morgan fingerprint density at radius 3 is 2.59 bits per heavy atom. The second-order valence-corrected chi connectivity index (χ2v) is 10.5. The van der Waals surface area contributed by atoms with Gasteiger partial charge in [-0.3, -0.25) is 14.5 Å². The van der Waals surface area contributed by atoms with Crippen molar-refractivity contribution >= 4 is 52.1 Å². The van der Waals surface area contributed by atoms with Crippen molar-refractivity contribution in [2.75, 3.05) is 17.2 Å². The van der Waals surface area contributed by atoms with Crippen LogP contribution in [0, 0.1) is 5.82 Å². The van der Waals surface area contributed by atoms with Crippen LogP contribution in [0.4, 0.5) is 15.8 Å². The first-order chi connectivity index (χ1) is 17.6. The number of carbonyl (C=O) groups is 3. The van der Waals surface area contributed by atoms with Gasteiger partial charge in [0.2, 0.25) is 5.91 Å². The zero-order valence-corrected chi connectivity index (χ0v) is 21.9. The number of halogens is 2. The number of benzene rings is 2. The molecule has 4 rings (SSSR count). The molecule has 0 radical (unpaired) electrons. The van der Waals surface area contributed by atoms with Gasteiger partial charge in [-0.25, -0.2) is 14.2 Å². The molecule has 0 unspecified atom stereocenters. The molecule has 8 nitrogen and oxygen atoms in total. The second kappa shape index (κ2) is 11.4. The van der Waals surface area contributed by atoms with Gasteiger partial charge in [0.25, 0.3) is 5.91 Å². The largest absolute Gasteiger partial charge is 0.478 e. The molecule has 1 aliphatic heterocycles. The number of thiazole rings is 1. The number of carboxylic acids is 1. The van der Waals surface area contributed by atoms with Crippen LogP contribution < -0.4 is 10.6 Å². The number of fused-ring (bicyclic) bond motifs is 1. The van der Waals surface area contributed by atoms with E-state index in [9.17, 15) is 23.9 Å². The molecule has 2 aromatic carbocycles. The molecule has 2 heterocycles. The Kier molecular flexibility index (Phi) is 8.21. The topological polar surface area (TPSA) is 112 Å². The number of rotatable bonds is 8. The number of hydrogen-bond donors (Lipinski definition) is 3. The van der Waals surface area contributed by atoms with Gasteiger partial charge in [0, 0.05) is 58.8 Å². The summed E-state index contributed by atoms with van der Waals surface area (Å²) < 4.78 is 15.0. The molecule has 1 aliphatic rings. The maximum absolute atomic E-state index is 15.0. The van der Waals surface area contributed by atoms with Gasteiger partial charge < -0.3 is 15.7 Å². The predicted octanol–water partition coefficient (Wildman–Crippen LogP) is 5.22. The Hall–Kier alpha value is -3.34. The summed E-state index contributed by atoms with van der Waals surface area (Å²) in [5.74, 6) is -3.08. The van der Waals surface area contributed by atoms with E-state index in [2.05, 4.69) is 34.4 Å². The lowest BCUT2D eigenvalue weighted by molar-refractivity contribution is -0.116. The highest BCUT2D eigenvalue weighted by molar-refractivity contribution is 7.13. The molecule has 1 aromatic heterocycles. The van der Waals surface area contributed by atoms with Crippen molar-refractivity contribution < 1.29 is 23.9 Å². The molecule has 3 N–H and O–H groups in total. The number of aromatic carboxylic acids is 1. The molecule has 0 saturated heterocycles. The molecule has 0 aliphatic carbocycles. The average molecular weight is 545 g/mol. The molecule has 0 atom stereocenters. The standard InChI is InChI=1S/C26H26ClFN4O4S/c1-14(2)32-10-9-20-22(13-32)37-25(31-20)24(34)30-21-12-15(26(35)36)11-19(28)18(21)7-8-23(33)29-17-5-3-16(27)4-6-17/h3-6,11-12,14H,7-10,13H2,1-2H3,(H,29,33)(H,30,34)(H,35,36). The minimum Gasteiger partial charge on any atom is -0.478 e. The van der Waals surface area contributed by atoms with Crippen molar-refractivity contribution in [1.82, 2.24) is 9.88 Å². The maximum atomic E-state index is 15.0. The minimum absolute atomic E-state index is 0.00123. The summed E-state index contributed by atoms with van der Waals surface area (Å²) in [5, 5.41) is 15.5. The van der Waals surface area contributed by atoms with Crippen molar-refractivity contribution in [2.24, 2.45) is 0 Å². The Morgan fingerprint density at radius 2 is 1.92 bits per heavy atom. The van der Waals surface area contributed by atoms with Crippen LogP contribution in [0.3, 0.4) is 0 Å².